The summed E-state index contributed by atoms with van der Waals surface area (Å²) in [5, 5.41) is 6.44. The van der Waals surface area contributed by atoms with E-state index in [2.05, 4.69) is 21.4 Å². The maximum Gasteiger partial charge on any atom is 0.183 e. The Morgan fingerprint density at radius 3 is 3.19 bits per heavy atom. The van der Waals surface area contributed by atoms with Crippen molar-refractivity contribution in [1.29, 1.82) is 0 Å². The normalized spacial score (nSPS) is 19.1. The minimum atomic E-state index is 0.330. The van der Waals surface area contributed by atoms with Crippen LogP contribution in [0.25, 0.3) is 0 Å². The van der Waals surface area contributed by atoms with Crippen molar-refractivity contribution in [2.45, 2.75) is 25.3 Å². The Morgan fingerprint density at radius 2 is 2.31 bits per heavy atom. The molecule has 3 nitrogen and oxygen atoms in total. The second kappa shape index (κ2) is 4.22. The molecule has 0 aliphatic heterocycles. The van der Waals surface area contributed by atoms with Crippen LogP contribution in [0.2, 0.25) is 0 Å². The fourth-order valence-electron chi connectivity index (χ4n) is 2.19. The average Bonchev–Trinajstić information content (AvgIpc) is 2.82. The van der Waals surface area contributed by atoms with E-state index in [9.17, 15) is 0 Å². The second-order valence-electron chi connectivity index (χ2n) is 3.97. The predicted octanol–water partition coefficient (Wildman–Crippen LogP) is 3.03. The maximum absolute atomic E-state index is 4.50. The molecule has 0 aromatic carbocycles. The Morgan fingerprint density at radius 1 is 1.31 bits per heavy atom. The molecule has 4 heteroatoms. The molecule has 16 heavy (non-hydrogen) atoms. The number of aromatic nitrogens is 2. The zero-order chi connectivity index (χ0) is 10.8. The minimum absolute atomic E-state index is 0.330. The molecule has 2 aromatic rings. The molecule has 1 aliphatic carbocycles. The van der Waals surface area contributed by atoms with E-state index < -0.39 is 0 Å². The first-order valence-electron chi connectivity index (χ1n) is 5.53. The lowest BCUT2D eigenvalue weighted by molar-refractivity contribution is 0.583. The van der Waals surface area contributed by atoms with E-state index in [1.807, 2.05) is 23.8 Å². The van der Waals surface area contributed by atoms with Gasteiger partial charge in [-0.15, -0.1) is 11.3 Å². The fourth-order valence-corrected chi connectivity index (χ4v) is 2.78. The van der Waals surface area contributed by atoms with Crippen molar-refractivity contribution in [2.75, 3.05) is 5.32 Å². The van der Waals surface area contributed by atoms with Crippen LogP contribution in [-0.4, -0.2) is 9.97 Å². The molecule has 0 saturated carbocycles. The summed E-state index contributed by atoms with van der Waals surface area (Å²) in [7, 11) is 0. The summed E-state index contributed by atoms with van der Waals surface area (Å²) < 4.78 is 0. The van der Waals surface area contributed by atoms with Crippen LogP contribution in [0.5, 0.6) is 0 Å². The van der Waals surface area contributed by atoms with E-state index in [1.165, 1.54) is 17.7 Å². The summed E-state index contributed by atoms with van der Waals surface area (Å²) in [6, 6.07) is 4.53. The van der Waals surface area contributed by atoms with Crippen molar-refractivity contribution >= 4 is 16.5 Å². The van der Waals surface area contributed by atoms with Crippen LogP contribution < -0.4 is 5.32 Å². The van der Waals surface area contributed by atoms with Gasteiger partial charge < -0.3 is 5.32 Å². The maximum atomic E-state index is 4.50. The Bertz CT molecular complexity index is 467. The van der Waals surface area contributed by atoms with Crippen molar-refractivity contribution in [1.82, 2.24) is 9.97 Å². The van der Waals surface area contributed by atoms with Gasteiger partial charge in [0.1, 0.15) is 0 Å². The van der Waals surface area contributed by atoms with Gasteiger partial charge in [-0.3, -0.25) is 4.98 Å². The Hall–Kier alpha value is -1.42. The number of pyridine rings is 1. The van der Waals surface area contributed by atoms with Gasteiger partial charge in [-0.1, -0.05) is 6.07 Å². The third-order valence-corrected chi connectivity index (χ3v) is 3.63. The number of rotatable bonds is 2. The molecule has 1 aliphatic rings. The first-order chi connectivity index (χ1) is 7.93. The van der Waals surface area contributed by atoms with Crippen LogP contribution in [0, 0.1) is 0 Å². The topological polar surface area (TPSA) is 37.8 Å². The zero-order valence-electron chi connectivity index (χ0n) is 8.89. The van der Waals surface area contributed by atoms with Crippen molar-refractivity contribution in [3.05, 3.63) is 41.2 Å². The van der Waals surface area contributed by atoms with E-state index in [-0.39, 0.29) is 0 Å². The number of thiazole rings is 1. The van der Waals surface area contributed by atoms with Gasteiger partial charge in [0.25, 0.3) is 0 Å². The van der Waals surface area contributed by atoms with Gasteiger partial charge in [0, 0.05) is 17.8 Å². The highest BCUT2D eigenvalue weighted by atomic mass is 32.1. The Kier molecular flexibility index (Phi) is 2.58. The largest absolute Gasteiger partial charge is 0.353 e. The molecule has 82 valence electrons. The molecular weight excluding hydrogens is 218 g/mol. The molecule has 1 atom stereocenters. The monoisotopic (exact) mass is 231 g/mol. The van der Waals surface area contributed by atoms with Gasteiger partial charge in [0.05, 0.1) is 11.7 Å². The fraction of sp³-hybridized carbons (Fsp3) is 0.333. The number of nitrogens with one attached hydrogen (secondary N) is 1. The minimum Gasteiger partial charge on any atom is -0.353 e. The predicted molar refractivity (Wildman–Crippen MR) is 65.7 cm³/mol. The summed E-state index contributed by atoms with van der Waals surface area (Å²) in [6.07, 6.45) is 7.22. The summed E-state index contributed by atoms with van der Waals surface area (Å²) >= 11 is 1.64. The molecule has 1 N–H and O–H groups in total. The van der Waals surface area contributed by atoms with E-state index in [0.717, 1.165) is 18.0 Å². The van der Waals surface area contributed by atoms with E-state index in [1.54, 1.807) is 11.3 Å². The highest BCUT2D eigenvalue weighted by Gasteiger charge is 2.21. The molecule has 2 aromatic heterocycles. The standard InChI is InChI=1S/C12H13N3S/c1-3-9-4-2-6-13-11(9)10(5-1)15-12-14-7-8-16-12/h2,4,6-8,10H,1,3,5H2,(H,14,15). The van der Waals surface area contributed by atoms with E-state index in [4.69, 9.17) is 0 Å². The smallest absolute Gasteiger partial charge is 0.183 e. The summed E-state index contributed by atoms with van der Waals surface area (Å²) in [4.78, 5) is 8.76. The van der Waals surface area contributed by atoms with Gasteiger partial charge in [0.2, 0.25) is 0 Å². The molecule has 0 radical (unpaired) electrons. The van der Waals surface area contributed by atoms with Gasteiger partial charge in [-0.05, 0) is 30.9 Å². The second-order valence-corrected chi connectivity index (χ2v) is 4.87. The van der Waals surface area contributed by atoms with E-state index in [0.29, 0.717) is 6.04 Å². The van der Waals surface area contributed by atoms with Crippen LogP contribution in [0.1, 0.15) is 30.1 Å². The molecule has 0 spiro atoms. The lowest BCUT2D eigenvalue weighted by atomic mass is 9.92. The summed E-state index contributed by atoms with van der Waals surface area (Å²) in [5.74, 6) is 0. The first-order valence-corrected chi connectivity index (χ1v) is 6.41. The Balaban J connectivity index is 1.87. The number of nitrogens with zero attached hydrogens (tertiary/aromatic N) is 2. The molecule has 2 heterocycles. The van der Waals surface area contributed by atoms with E-state index >= 15 is 0 Å². The van der Waals surface area contributed by atoms with Gasteiger partial charge in [0.15, 0.2) is 5.13 Å². The van der Waals surface area contributed by atoms with Crippen molar-refractivity contribution in [2.24, 2.45) is 0 Å². The number of hydrogen-bond donors (Lipinski definition) is 1. The number of aryl methyl sites for hydroxylation is 1. The third kappa shape index (κ3) is 1.80. The lowest BCUT2D eigenvalue weighted by Crippen LogP contribution is -2.18. The van der Waals surface area contributed by atoms with Gasteiger partial charge >= 0.3 is 0 Å². The number of fused-ring (bicyclic) bond motifs is 1. The molecular formula is C12H13N3S. The molecule has 0 saturated heterocycles. The van der Waals surface area contributed by atoms with Crippen LogP contribution in [0.3, 0.4) is 0 Å². The highest BCUT2D eigenvalue weighted by Crippen LogP contribution is 2.31. The van der Waals surface area contributed by atoms with Crippen molar-refractivity contribution in [3.8, 4) is 0 Å². The van der Waals surface area contributed by atoms with Crippen LogP contribution >= 0.6 is 11.3 Å². The third-order valence-electron chi connectivity index (χ3n) is 2.93. The quantitative estimate of drug-likeness (QED) is 0.863. The van der Waals surface area contributed by atoms with Crippen molar-refractivity contribution < 1.29 is 0 Å². The van der Waals surface area contributed by atoms with Crippen molar-refractivity contribution in [3.63, 3.8) is 0 Å². The van der Waals surface area contributed by atoms with Gasteiger partial charge in [-0.25, -0.2) is 4.98 Å². The SMILES string of the molecule is c1cnc2c(c1)CCCC2Nc1nccs1. The zero-order valence-corrected chi connectivity index (χ0v) is 9.70. The number of hydrogen-bond acceptors (Lipinski definition) is 4. The van der Waals surface area contributed by atoms with Crippen LogP contribution in [-0.2, 0) is 6.42 Å². The number of anilines is 1. The lowest BCUT2D eigenvalue weighted by Gasteiger charge is -2.24. The van der Waals surface area contributed by atoms with Crippen LogP contribution in [0.15, 0.2) is 29.9 Å². The molecule has 3 rings (SSSR count). The van der Waals surface area contributed by atoms with Crippen LogP contribution in [0.4, 0.5) is 5.13 Å². The molecule has 0 amide bonds. The average molecular weight is 231 g/mol. The summed E-state index contributed by atoms with van der Waals surface area (Å²) in [5.41, 5.74) is 2.58. The first kappa shape index (κ1) is 9.78. The molecule has 0 fully saturated rings. The van der Waals surface area contributed by atoms with Gasteiger partial charge in [-0.2, -0.15) is 0 Å². The highest BCUT2D eigenvalue weighted by molar-refractivity contribution is 7.13. The molecule has 0 bridgehead atoms. The molecule has 1 unspecified atom stereocenters. The Labute approximate surface area is 98.6 Å². The summed E-state index contributed by atoms with van der Waals surface area (Å²) in [6.45, 7) is 0.